The lowest BCUT2D eigenvalue weighted by molar-refractivity contribution is -0.120. The highest BCUT2D eigenvalue weighted by molar-refractivity contribution is 5.77. The van der Waals surface area contributed by atoms with E-state index in [1.165, 1.54) is 0 Å². The summed E-state index contributed by atoms with van der Waals surface area (Å²) < 4.78 is 0. The zero-order valence-corrected chi connectivity index (χ0v) is 8.19. The van der Waals surface area contributed by atoms with Crippen LogP contribution in [0.15, 0.2) is 11.8 Å². The van der Waals surface area contributed by atoms with Crippen molar-refractivity contribution in [2.45, 2.75) is 41.0 Å². The van der Waals surface area contributed by atoms with Gasteiger partial charge < -0.3 is 5.32 Å². The number of nitrogens with one attached hydrogen (secondary N) is 1. The summed E-state index contributed by atoms with van der Waals surface area (Å²) in [6.07, 6.45) is 2.42. The molecule has 0 unspecified atom stereocenters. The molecule has 2 nitrogen and oxygen atoms in total. The van der Waals surface area contributed by atoms with Crippen molar-refractivity contribution in [3.05, 3.63) is 11.8 Å². The van der Waals surface area contributed by atoms with Crippen LogP contribution in [0.3, 0.4) is 0 Å². The molecule has 0 aliphatic carbocycles. The molecule has 66 valence electrons. The number of carbonyl (C=O) groups is 1. The fourth-order valence-electron chi connectivity index (χ4n) is 0.380. The molecule has 0 aromatic rings. The van der Waals surface area contributed by atoms with Crippen LogP contribution in [0.25, 0.3) is 0 Å². The van der Waals surface area contributed by atoms with Crippen molar-refractivity contribution < 1.29 is 4.79 Å². The molecule has 1 amide bonds. The average Bonchev–Trinajstić information content (AvgIpc) is 2.07. The second kappa shape index (κ2) is 9.21. The van der Waals surface area contributed by atoms with Crippen molar-refractivity contribution in [3.63, 3.8) is 0 Å². The van der Waals surface area contributed by atoms with E-state index in [9.17, 15) is 4.79 Å². The molecule has 0 aliphatic heterocycles. The average molecular weight is 157 g/mol. The van der Waals surface area contributed by atoms with Crippen LogP contribution in [0.5, 0.6) is 0 Å². The summed E-state index contributed by atoms with van der Waals surface area (Å²) in [4.78, 5) is 10.6. The maximum absolute atomic E-state index is 10.6. The van der Waals surface area contributed by atoms with Gasteiger partial charge in [0, 0.05) is 12.1 Å². The van der Waals surface area contributed by atoms with Gasteiger partial charge in [0.05, 0.1) is 0 Å². The highest BCUT2D eigenvalue weighted by atomic mass is 16.1. The Morgan fingerprint density at radius 2 is 1.91 bits per heavy atom. The molecule has 0 rings (SSSR count). The third-order valence-corrected chi connectivity index (χ3v) is 1.09. The van der Waals surface area contributed by atoms with Gasteiger partial charge in [0.15, 0.2) is 0 Å². The molecule has 0 saturated heterocycles. The molecule has 0 spiro atoms. The molecule has 0 fully saturated rings. The summed E-state index contributed by atoms with van der Waals surface area (Å²) in [7, 11) is 0. The molecule has 0 aliphatic rings. The van der Waals surface area contributed by atoms with Crippen molar-refractivity contribution in [2.75, 3.05) is 0 Å². The highest BCUT2D eigenvalue weighted by Crippen LogP contribution is 1.85. The van der Waals surface area contributed by atoms with Gasteiger partial charge in [-0.1, -0.05) is 26.8 Å². The molecule has 0 radical (unpaired) electrons. The normalized spacial score (nSPS) is 9.73. The number of allylic oxidation sites excluding steroid dienone is 2. The summed E-state index contributed by atoms with van der Waals surface area (Å²) in [6, 6.07) is 0. The Hall–Kier alpha value is -0.790. The van der Waals surface area contributed by atoms with Gasteiger partial charge in [-0.25, -0.2) is 0 Å². The quantitative estimate of drug-likeness (QED) is 0.655. The first-order chi connectivity index (χ1) is 5.20. The summed E-state index contributed by atoms with van der Waals surface area (Å²) in [5.74, 6) is 0.0746. The van der Waals surface area contributed by atoms with E-state index in [-0.39, 0.29) is 5.91 Å². The smallest absolute Gasteiger partial charge is 0.223 e. The summed E-state index contributed by atoms with van der Waals surface area (Å²) in [6.45, 7) is 9.59. The van der Waals surface area contributed by atoms with Crippen molar-refractivity contribution in [1.82, 2.24) is 5.32 Å². The Morgan fingerprint density at radius 3 is 2.18 bits per heavy atom. The molecular weight excluding hydrogens is 138 g/mol. The van der Waals surface area contributed by atoms with Crippen LogP contribution in [-0.2, 0) is 4.79 Å². The minimum atomic E-state index is 0.0746. The molecule has 0 saturated carbocycles. The van der Waals surface area contributed by atoms with Gasteiger partial charge in [-0.3, -0.25) is 4.79 Å². The largest absolute Gasteiger partial charge is 0.330 e. The third kappa shape index (κ3) is 9.21. The number of hydrogen-bond acceptors (Lipinski definition) is 1. The van der Waals surface area contributed by atoms with E-state index < -0.39 is 0 Å². The van der Waals surface area contributed by atoms with Crippen LogP contribution >= 0.6 is 0 Å². The zero-order chi connectivity index (χ0) is 9.28. The third-order valence-electron chi connectivity index (χ3n) is 1.09. The van der Waals surface area contributed by atoms with Crippen LogP contribution in [0, 0.1) is 0 Å². The standard InChI is InChI=1S/C7H13NO.C2H6/c1-4-6(3)8-7(9)5-2;1-2/h4H,5H2,1-3H3,(H,8,9);1-2H3/b6-4+;. The van der Waals surface area contributed by atoms with Crippen molar-refractivity contribution in [2.24, 2.45) is 0 Å². The molecule has 1 N–H and O–H groups in total. The minimum Gasteiger partial charge on any atom is -0.330 e. The lowest BCUT2D eigenvalue weighted by atomic mass is 10.4. The fraction of sp³-hybridized carbons (Fsp3) is 0.667. The molecular formula is C9H19NO. The maximum Gasteiger partial charge on any atom is 0.223 e. The minimum absolute atomic E-state index is 0.0746. The first-order valence-electron chi connectivity index (χ1n) is 4.13. The number of hydrogen-bond donors (Lipinski definition) is 1. The van der Waals surface area contributed by atoms with E-state index in [0.29, 0.717) is 6.42 Å². The van der Waals surface area contributed by atoms with Crippen molar-refractivity contribution in [1.29, 1.82) is 0 Å². The molecule has 0 aromatic heterocycles. The number of rotatable bonds is 2. The first-order valence-corrected chi connectivity index (χ1v) is 4.13. The molecule has 2 heteroatoms. The molecule has 0 aromatic carbocycles. The fourth-order valence-corrected chi connectivity index (χ4v) is 0.380. The Balaban J connectivity index is 0. The van der Waals surface area contributed by atoms with E-state index in [1.54, 1.807) is 0 Å². The van der Waals surface area contributed by atoms with E-state index in [1.807, 2.05) is 40.7 Å². The van der Waals surface area contributed by atoms with Gasteiger partial charge in [-0.05, 0) is 13.8 Å². The van der Waals surface area contributed by atoms with E-state index >= 15 is 0 Å². The SMILES string of the molecule is C/C=C(\C)NC(=O)CC.CC. The predicted octanol–water partition coefficient (Wildman–Crippen LogP) is 2.46. The Kier molecular flexibility index (Phi) is 10.8. The second-order valence-electron chi connectivity index (χ2n) is 1.87. The zero-order valence-electron chi connectivity index (χ0n) is 8.19. The van der Waals surface area contributed by atoms with Crippen molar-refractivity contribution >= 4 is 5.91 Å². The van der Waals surface area contributed by atoms with Gasteiger partial charge in [-0.15, -0.1) is 0 Å². The molecule has 0 bridgehead atoms. The lowest BCUT2D eigenvalue weighted by Crippen LogP contribution is -2.19. The second-order valence-corrected chi connectivity index (χ2v) is 1.87. The van der Waals surface area contributed by atoms with Crippen LogP contribution in [-0.4, -0.2) is 5.91 Å². The Labute approximate surface area is 69.7 Å². The van der Waals surface area contributed by atoms with Gasteiger partial charge in [0.1, 0.15) is 0 Å². The Bertz CT molecular complexity index is 128. The summed E-state index contributed by atoms with van der Waals surface area (Å²) in [5.41, 5.74) is 0.918. The molecule has 0 heterocycles. The van der Waals surface area contributed by atoms with E-state index in [0.717, 1.165) is 5.70 Å². The van der Waals surface area contributed by atoms with Crippen LogP contribution < -0.4 is 5.32 Å². The van der Waals surface area contributed by atoms with Gasteiger partial charge >= 0.3 is 0 Å². The maximum atomic E-state index is 10.6. The Morgan fingerprint density at radius 1 is 1.45 bits per heavy atom. The summed E-state index contributed by atoms with van der Waals surface area (Å²) in [5, 5.41) is 2.70. The number of carbonyl (C=O) groups excluding carboxylic acids is 1. The van der Waals surface area contributed by atoms with Crippen LogP contribution in [0.2, 0.25) is 0 Å². The van der Waals surface area contributed by atoms with Crippen LogP contribution in [0.4, 0.5) is 0 Å². The van der Waals surface area contributed by atoms with Crippen LogP contribution in [0.1, 0.15) is 41.0 Å². The monoisotopic (exact) mass is 157 g/mol. The highest BCUT2D eigenvalue weighted by Gasteiger charge is 1.93. The lowest BCUT2D eigenvalue weighted by Gasteiger charge is -1.99. The van der Waals surface area contributed by atoms with Gasteiger partial charge in [0.2, 0.25) is 5.91 Å². The predicted molar refractivity (Wildman–Crippen MR) is 49.2 cm³/mol. The van der Waals surface area contributed by atoms with E-state index in [4.69, 9.17) is 0 Å². The van der Waals surface area contributed by atoms with E-state index in [2.05, 4.69) is 5.32 Å². The molecule has 0 atom stereocenters. The van der Waals surface area contributed by atoms with Gasteiger partial charge in [0.25, 0.3) is 0 Å². The first kappa shape index (κ1) is 12.8. The molecule has 11 heavy (non-hydrogen) atoms. The number of amides is 1. The van der Waals surface area contributed by atoms with Gasteiger partial charge in [-0.2, -0.15) is 0 Å². The van der Waals surface area contributed by atoms with Crippen molar-refractivity contribution in [3.8, 4) is 0 Å². The topological polar surface area (TPSA) is 29.1 Å². The summed E-state index contributed by atoms with van der Waals surface area (Å²) >= 11 is 0.